The topological polar surface area (TPSA) is 50.4 Å². The van der Waals surface area contributed by atoms with Crippen molar-refractivity contribution in [3.05, 3.63) is 23.8 Å². The van der Waals surface area contributed by atoms with Crippen LogP contribution in [0.15, 0.2) is 18.2 Å². The number of benzene rings is 1. The van der Waals surface area contributed by atoms with Crippen LogP contribution in [-0.4, -0.2) is 25.6 Å². The van der Waals surface area contributed by atoms with Crippen molar-refractivity contribution in [1.82, 2.24) is 5.32 Å². The molecule has 0 aromatic heterocycles. The van der Waals surface area contributed by atoms with Crippen molar-refractivity contribution in [2.75, 3.05) is 19.0 Å². The molecular weight excluding hydrogens is 228 g/mol. The second-order valence-corrected chi connectivity index (χ2v) is 5.09. The molecule has 2 rings (SSSR count). The van der Waals surface area contributed by atoms with E-state index in [-0.39, 0.29) is 11.9 Å². The normalized spacial score (nSPS) is 18.7. The Balaban J connectivity index is 2.21. The lowest BCUT2D eigenvalue weighted by Crippen LogP contribution is -2.37. The summed E-state index contributed by atoms with van der Waals surface area (Å²) in [5.41, 5.74) is 1.53. The summed E-state index contributed by atoms with van der Waals surface area (Å²) in [7, 11) is 1.60. The van der Waals surface area contributed by atoms with Gasteiger partial charge in [0, 0.05) is 18.3 Å². The Morgan fingerprint density at radius 1 is 1.44 bits per heavy atom. The van der Waals surface area contributed by atoms with Gasteiger partial charge in [-0.1, -0.05) is 13.8 Å². The van der Waals surface area contributed by atoms with E-state index in [1.54, 1.807) is 13.2 Å². The van der Waals surface area contributed by atoms with Crippen molar-refractivity contribution in [1.29, 1.82) is 0 Å². The summed E-state index contributed by atoms with van der Waals surface area (Å²) in [5.74, 6) is 1.24. The standard InChI is InChI=1S/C14H20N2O2/c1-9(2)6-10-8-15-13-5-4-11(18-3)7-12(13)14(17)16-10/h4-5,7,9-10,15H,6,8H2,1-3H3,(H,16,17). The van der Waals surface area contributed by atoms with Crippen LogP contribution in [0.3, 0.4) is 0 Å². The highest BCUT2D eigenvalue weighted by molar-refractivity contribution is 6.00. The molecule has 0 aliphatic carbocycles. The third kappa shape index (κ3) is 2.75. The first-order valence-corrected chi connectivity index (χ1v) is 6.33. The minimum atomic E-state index is -0.0282. The van der Waals surface area contributed by atoms with E-state index in [4.69, 9.17) is 4.74 Å². The third-order valence-corrected chi connectivity index (χ3v) is 3.10. The molecule has 0 saturated heterocycles. The fourth-order valence-electron chi connectivity index (χ4n) is 2.25. The van der Waals surface area contributed by atoms with Gasteiger partial charge in [0.05, 0.1) is 12.7 Å². The van der Waals surface area contributed by atoms with Gasteiger partial charge in [0.15, 0.2) is 0 Å². The summed E-state index contributed by atoms with van der Waals surface area (Å²) in [6.07, 6.45) is 0.976. The van der Waals surface area contributed by atoms with Crippen LogP contribution in [-0.2, 0) is 0 Å². The van der Waals surface area contributed by atoms with E-state index in [0.717, 1.165) is 18.7 Å². The number of hydrogen-bond acceptors (Lipinski definition) is 3. The average Bonchev–Trinajstić information content (AvgIpc) is 2.48. The zero-order chi connectivity index (χ0) is 13.1. The van der Waals surface area contributed by atoms with Gasteiger partial charge in [-0.05, 0) is 30.5 Å². The lowest BCUT2D eigenvalue weighted by molar-refractivity contribution is 0.0938. The number of nitrogens with one attached hydrogen (secondary N) is 2. The van der Waals surface area contributed by atoms with Gasteiger partial charge in [-0.3, -0.25) is 4.79 Å². The van der Waals surface area contributed by atoms with Crippen molar-refractivity contribution in [2.45, 2.75) is 26.3 Å². The molecule has 1 aliphatic heterocycles. The van der Waals surface area contributed by atoms with Gasteiger partial charge >= 0.3 is 0 Å². The van der Waals surface area contributed by atoms with Gasteiger partial charge < -0.3 is 15.4 Å². The number of fused-ring (bicyclic) bond motifs is 1. The molecule has 18 heavy (non-hydrogen) atoms. The molecule has 0 spiro atoms. The number of carbonyl (C=O) groups excluding carboxylic acids is 1. The highest BCUT2D eigenvalue weighted by Gasteiger charge is 2.22. The molecule has 0 fully saturated rings. The molecule has 1 unspecified atom stereocenters. The smallest absolute Gasteiger partial charge is 0.253 e. The fraction of sp³-hybridized carbons (Fsp3) is 0.500. The molecule has 98 valence electrons. The summed E-state index contributed by atoms with van der Waals surface area (Å²) in [6.45, 7) is 5.09. The minimum absolute atomic E-state index is 0.0282. The van der Waals surface area contributed by atoms with E-state index in [9.17, 15) is 4.79 Å². The first-order chi connectivity index (χ1) is 8.60. The summed E-state index contributed by atoms with van der Waals surface area (Å²) in [4.78, 5) is 12.2. The lowest BCUT2D eigenvalue weighted by Gasteiger charge is -2.17. The molecule has 4 nitrogen and oxygen atoms in total. The van der Waals surface area contributed by atoms with Crippen LogP contribution in [0.5, 0.6) is 5.75 Å². The van der Waals surface area contributed by atoms with Crippen molar-refractivity contribution >= 4 is 11.6 Å². The largest absolute Gasteiger partial charge is 0.497 e. The number of hydrogen-bond donors (Lipinski definition) is 2. The molecule has 1 aliphatic rings. The zero-order valence-electron chi connectivity index (χ0n) is 11.1. The molecule has 1 heterocycles. The number of rotatable bonds is 3. The van der Waals surface area contributed by atoms with E-state index in [0.29, 0.717) is 17.2 Å². The number of ether oxygens (including phenoxy) is 1. The monoisotopic (exact) mass is 248 g/mol. The van der Waals surface area contributed by atoms with Crippen molar-refractivity contribution in [2.24, 2.45) is 5.92 Å². The molecule has 1 aromatic carbocycles. The van der Waals surface area contributed by atoms with E-state index in [1.165, 1.54) is 0 Å². The van der Waals surface area contributed by atoms with Gasteiger partial charge in [0.1, 0.15) is 5.75 Å². The molecule has 1 amide bonds. The average molecular weight is 248 g/mol. The van der Waals surface area contributed by atoms with Crippen LogP contribution in [0, 0.1) is 5.92 Å². The Morgan fingerprint density at radius 3 is 2.89 bits per heavy atom. The minimum Gasteiger partial charge on any atom is -0.497 e. The zero-order valence-corrected chi connectivity index (χ0v) is 11.1. The van der Waals surface area contributed by atoms with E-state index >= 15 is 0 Å². The van der Waals surface area contributed by atoms with E-state index in [2.05, 4.69) is 24.5 Å². The maximum absolute atomic E-state index is 12.2. The molecule has 0 saturated carbocycles. The van der Waals surface area contributed by atoms with Crippen molar-refractivity contribution in [3.8, 4) is 5.75 Å². The summed E-state index contributed by atoms with van der Waals surface area (Å²) in [6, 6.07) is 5.71. The third-order valence-electron chi connectivity index (χ3n) is 3.10. The summed E-state index contributed by atoms with van der Waals surface area (Å²) in [5, 5.41) is 6.38. The quantitative estimate of drug-likeness (QED) is 0.862. The molecule has 0 bridgehead atoms. The van der Waals surface area contributed by atoms with Crippen LogP contribution >= 0.6 is 0 Å². The number of methoxy groups -OCH3 is 1. The van der Waals surface area contributed by atoms with E-state index < -0.39 is 0 Å². The van der Waals surface area contributed by atoms with Crippen LogP contribution in [0.1, 0.15) is 30.6 Å². The predicted molar refractivity (Wildman–Crippen MR) is 72.2 cm³/mol. The van der Waals surface area contributed by atoms with Gasteiger partial charge in [-0.2, -0.15) is 0 Å². The van der Waals surface area contributed by atoms with Crippen molar-refractivity contribution < 1.29 is 9.53 Å². The maximum atomic E-state index is 12.2. The number of anilines is 1. The molecular formula is C14H20N2O2. The SMILES string of the molecule is COc1ccc2c(c1)C(=O)NC(CC(C)C)CN2. The van der Waals surface area contributed by atoms with Gasteiger partial charge in [0.2, 0.25) is 0 Å². The molecule has 2 N–H and O–H groups in total. The van der Waals surface area contributed by atoms with Crippen molar-refractivity contribution in [3.63, 3.8) is 0 Å². The second kappa shape index (κ2) is 5.29. The van der Waals surface area contributed by atoms with E-state index in [1.807, 2.05) is 12.1 Å². The molecule has 1 atom stereocenters. The fourth-order valence-corrected chi connectivity index (χ4v) is 2.25. The summed E-state index contributed by atoms with van der Waals surface area (Å²) < 4.78 is 5.15. The van der Waals surface area contributed by atoms with Crippen LogP contribution in [0.2, 0.25) is 0 Å². The van der Waals surface area contributed by atoms with Gasteiger partial charge in [0.25, 0.3) is 5.91 Å². The van der Waals surface area contributed by atoms with Gasteiger partial charge in [-0.25, -0.2) is 0 Å². The highest BCUT2D eigenvalue weighted by Crippen LogP contribution is 2.24. The number of amides is 1. The number of carbonyl (C=O) groups is 1. The molecule has 0 radical (unpaired) electrons. The first kappa shape index (κ1) is 12.7. The van der Waals surface area contributed by atoms with Gasteiger partial charge in [-0.15, -0.1) is 0 Å². The van der Waals surface area contributed by atoms with Crippen LogP contribution in [0.4, 0.5) is 5.69 Å². The highest BCUT2D eigenvalue weighted by atomic mass is 16.5. The first-order valence-electron chi connectivity index (χ1n) is 6.33. The second-order valence-electron chi connectivity index (χ2n) is 5.09. The Morgan fingerprint density at radius 2 is 2.22 bits per heavy atom. The predicted octanol–water partition coefficient (Wildman–Crippen LogP) is 2.27. The van der Waals surface area contributed by atoms with Crippen LogP contribution < -0.4 is 15.4 Å². The Kier molecular flexibility index (Phi) is 3.75. The molecule has 1 aromatic rings. The Bertz CT molecular complexity index is 443. The lowest BCUT2D eigenvalue weighted by atomic mass is 10.0. The summed E-state index contributed by atoms with van der Waals surface area (Å²) >= 11 is 0. The Labute approximate surface area is 108 Å². The maximum Gasteiger partial charge on any atom is 0.253 e. The molecule has 4 heteroatoms. The Hall–Kier alpha value is -1.71. The van der Waals surface area contributed by atoms with Crippen LogP contribution in [0.25, 0.3) is 0 Å².